The van der Waals surface area contributed by atoms with E-state index in [1.807, 2.05) is 30.1 Å². The fourth-order valence-electron chi connectivity index (χ4n) is 3.03. The molecule has 4 nitrogen and oxygen atoms in total. The van der Waals surface area contributed by atoms with E-state index in [4.69, 9.17) is 0 Å². The highest BCUT2D eigenvalue weighted by Gasteiger charge is 2.16. The number of hydrogen-bond acceptors (Lipinski definition) is 6. The molecule has 3 heterocycles. The highest BCUT2D eigenvalue weighted by molar-refractivity contribution is 7.99. The zero-order valence-corrected chi connectivity index (χ0v) is 17.6. The second-order valence-electron chi connectivity index (χ2n) is 6.39. The van der Waals surface area contributed by atoms with E-state index in [1.54, 1.807) is 11.3 Å². The summed E-state index contributed by atoms with van der Waals surface area (Å²) in [4.78, 5) is 20.3. The topological polar surface area (TPSA) is 45.2 Å². The highest BCUT2D eigenvalue weighted by atomic mass is 32.2. The number of carbonyl (C=O) groups is 1. The molecular formula is C20H21N3OS3. The van der Waals surface area contributed by atoms with Gasteiger partial charge in [0.1, 0.15) is 9.88 Å². The van der Waals surface area contributed by atoms with E-state index in [9.17, 15) is 4.79 Å². The first-order valence-electron chi connectivity index (χ1n) is 8.90. The van der Waals surface area contributed by atoms with Crippen LogP contribution in [0.1, 0.15) is 20.9 Å². The number of benzene rings is 1. The summed E-state index contributed by atoms with van der Waals surface area (Å²) >= 11 is 5.11. The van der Waals surface area contributed by atoms with Gasteiger partial charge < -0.3 is 10.2 Å². The van der Waals surface area contributed by atoms with Gasteiger partial charge in [-0.3, -0.25) is 4.79 Å². The number of hydrogen-bond donors (Lipinski definition) is 1. The number of nitrogens with one attached hydrogen (secondary N) is 1. The van der Waals surface area contributed by atoms with Gasteiger partial charge in [-0.1, -0.05) is 12.1 Å². The van der Waals surface area contributed by atoms with Crippen LogP contribution >= 0.6 is 34.4 Å². The SMILES string of the molecule is Cc1nc(-c2ccsc2)sc1C(=O)NCc1ccc(N2CCSCC2)cc1. The molecule has 3 aromatic rings. The Morgan fingerprint density at radius 1 is 1.19 bits per heavy atom. The Bertz CT molecular complexity index is 897. The van der Waals surface area contributed by atoms with Crippen molar-refractivity contribution in [2.24, 2.45) is 0 Å². The van der Waals surface area contributed by atoms with Crippen molar-refractivity contribution in [2.45, 2.75) is 13.5 Å². The molecular weight excluding hydrogens is 394 g/mol. The largest absolute Gasteiger partial charge is 0.370 e. The van der Waals surface area contributed by atoms with Crippen LogP contribution in [0.15, 0.2) is 41.1 Å². The lowest BCUT2D eigenvalue weighted by molar-refractivity contribution is 0.0954. The average molecular weight is 416 g/mol. The van der Waals surface area contributed by atoms with Gasteiger partial charge in [-0.2, -0.15) is 23.1 Å². The number of thioether (sulfide) groups is 1. The lowest BCUT2D eigenvalue weighted by Crippen LogP contribution is -2.32. The molecule has 0 bridgehead atoms. The van der Waals surface area contributed by atoms with Crippen LogP contribution in [0.3, 0.4) is 0 Å². The molecule has 0 saturated carbocycles. The second kappa shape index (κ2) is 8.46. The summed E-state index contributed by atoms with van der Waals surface area (Å²) in [6.07, 6.45) is 0. The number of thiophene rings is 1. The van der Waals surface area contributed by atoms with Crippen LogP contribution in [0.2, 0.25) is 0 Å². The summed E-state index contributed by atoms with van der Waals surface area (Å²) in [7, 11) is 0. The molecule has 0 spiro atoms. The minimum Gasteiger partial charge on any atom is -0.370 e. The Balaban J connectivity index is 1.38. The van der Waals surface area contributed by atoms with E-state index in [0.29, 0.717) is 11.4 Å². The van der Waals surface area contributed by atoms with Gasteiger partial charge in [-0.25, -0.2) is 4.98 Å². The lowest BCUT2D eigenvalue weighted by Gasteiger charge is -2.28. The van der Waals surface area contributed by atoms with E-state index in [0.717, 1.165) is 34.9 Å². The number of anilines is 1. The van der Waals surface area contributed by atoms with Crippen LogP contribution in [0, 0.1) is 6.92 Å². The van der Waals surface area contributed by atoms with E-state index in [2.05, 4.69) is 44.8 Å². The summed E-state index contributed by atoms with van der Waals surface area (Å²) in [5.74, 6) is 2.34. The summed E-state index contributed by atoms with van der Waals surface area (Å²) in [6, 6.07) is 10.6. The second-order valence-corrected chi connectivity index (χ2v) is 9.40. The molecule has 1 amide bonds. The van der Waals surface area contributed by atoms with Gasteiger partial charge in [-0.05, 0) is 36.1 Å². The molecule has 0 aliphatic carbocycles. The molecule has 1 aliphatic rings. The van der Waals surface area contributed by atoms with Crippen molar-refractivity contribution >= 4 is 46.0 Å². The maximum absolute atomic E-state index is 12.6. The monoisotopic (exact) mass is 415 g/mol. The third kappa shape index (κ3) is 4.36. The van der Waals surface area contributed by atoms with E-state index in [-0.39, 0.29) is 5.91 Å². The molecule has 1 aliphatic heterocycles. The van der Waals surface area contributed by atoms with Gasteiger partial charge >= 0.3 is 0 Å². The van der Waals surface area contributed by atoms with Crippen LogP contribution < -0.4 is 10.2 Å². The van der Waals surface area contributed by atoms with Crippen LogP contribution in [-0.2, 0) is 6.54 Å². The molecule has 2 aromatic heterocycles. The Morgan fingerprint density at radius 2 is 1.96 bits per heavy atom. The number of thiazole rings is 1. The predicted molar refractivity (Wildman–Crippen MR) is 117 cm³/mol. The molecule has 0 radical (unpaired) electrons. The fourth-order valence-corrected chi connectivity index (χ4v) is 5.62. The van der Waals surface area contributed by atoms with Gasteiger partial charge in [0.2, 0.25) is 0 Å². The highest BCUT2D eigenvalue weighted by Crippen LogP contribution is 2.29. The van der Waals surface area contributed by atoms with Crippen LogP contribution in [0.5, 0.6) is 0 Å². The molecule has 1 fully saturated rings. The molecule has 0 atom stereocenters. The van der Waals surface area contributed by atoms with Crippen LogP contribution in [-0.4, -0.2) is 35.5 Å². The smallest absolute Gasteiger partial charge is 0.263 e. The van der Waals surface area contributed by atoms with E-state index < -0.39 is 0 Å². The number of carbonyl (C=O) groups excluding carboxylic acids is 1. The van der Waals surface area contributed by atoms with Crippen molar-refractivity contribution in [3.05, 3.63) is 57.2 Å². The van der Waals surface area contributed by atoms with Gasteiger partial charge in [0.25, 0.3) is 5.91 Å². The molecule has 0 unspecified atom stereocenters. The quantitative estimate of drug-likeness (QED) is 0.658. The fraction of sp³-hybridized carbons (Fsp3) is 0.300. The molecule has 1 N–H and O–H groups in total. The molecule has 4 rings (SSSR count). The number of nitrogens with zero attached hydrogens (tertiary/aromatic N) is 2. The van der Waals surface area contributed by atoms with Crippen LogP contribution in [0.25, 0.3) is 10.6 Å². The summed E-state index contributed by atoms with van der Waals surface area (Å²) in [6.45, 7) is 4.64. The number of aryl methyl sites for hydroxylation is 1. The van der Waals surface area contributed by atoms with Crippen molar-refractivity contribution < 1.29 is 4.79 Å². The summed E-state index contributed by atoms with van der Waals surface area (Å²) in [5, 5.41) is 8.02. The van der Waals surface area contributed by atoms with Gasteiger partial charge in [0.05, 0.1) is 5.69 Å². The van der Waals surface area contributed by atoms with Gasteiger partial charge in [0.15, 0.2) is 0 Å². The van der Waals surface area contributed by atoms with E-state index >= 15 is 0 Å². The standard InChI is InChI=1S/C20H21N3OS3/c1-14-18(27-20(22-14)16-6-9-26-13-16)19(24)21-12-15-2-4-17(5-3-15)23-7-10-25-11-8-23/h2-6,9,13H,7-8,10-12H2,1H3,(H,21,24). The maximum Gasteiger partial charge on any atom is 0.263 e. The molecule has 140 valence electrons. The van der Waals surface area contributed by atoms with Crippen molar-refractivity contribution in [2.75, 3.05) is 29.5 Å². The van der Waals surface area contributed by atoms with Crippen molar-refractivity contribution in [3.8, 4) is 10.6 Å². The lowest BCUT2D eigenvalue weighted by atomic mass is 10.2. The minimum absolute atomic E-state index is 0.0522. The summed E-state index contributed by atoms with van der Waals surface area (Å²) in [5.41, 5.74) is 4.25. The van der Waals surface area contributed by atoms with Crippen molar-refractivity contribution in [1.29, 1.82) is 0 Å². The first kappa shape index (κ1) is 18.5. The average Bonchev–Trinajstić information content (AvgIpc) is 3.37. The van der Waals surface area contributed by atoms with Gasteiger partial charge in [0, 0.05) is 47.8 Å². The Morgan fingerprint density at radius 3 is 2.67 bits per heavy atom. The Hall–Kier alpha value is -1.83. The Kier molecular flexibility index (Phi) is 5.80. The Labute approximate surface area is 171 Å². The number of amides is 1. The maximum atomic E-state index is 12.6. The normalized spacial score (nSPS) is 14.3. The zero-order valence-electron chi connectivity index (χ0n) is 15.1. The molecule has 27 heavy (non-hydrogen) atoms. The van der Waals surface area contributed by atoms with Crippen molar-refractivity contribution in [3.63, 3.8) is 0 Å². The number of aromatic nitrogens is 1. The van der Waals surface area contributed by atoms with Gasteiger partial charge in [-0.15, -0.1) is 11.3 Å². The van der Waals surface area contributed by atoms with Crippen LogP contribution in [0.4, 0.5) is 5.69 Å². The zero-order chi connectivity index (χ0) is 18.6. The summed E-state index contributed by atoms with van der Waals surface area (Å²) < 4.78 is 0. The third-order valence-corrected chi connectivity index (χ3v) is 7.37. The molecule has 1 aromatic carbocycles. The molecule has 1 saturated heterocycles. The number of rotatable bonds is 5. The van der Waals surface area contributed by atoms with E-state index in [1.165, 1.54) is 28.5 Å². The van der Waals surface area contributed by atoms with Crippen molar-refractivity contribution in [1.82, 2.24) is 10.3 Å². The minimum atomic E-state index is -0.0522. The first-order chi connectivity index (χ1) is 13.2. The third-order valence-electron chi connectivity index (χ3n) is 4.54. The predicted octanol–water partition coefficient (Wildman–Crippen LogP) is 4.66. The molecule has 7 heteroatoms. The first-order valence-corrected chi connectivity index (χ1v) is 11.8.